The second kappa shape index (κ2) is 4.98. The van der Waals surface area contributed by atoms with Crippen LogP contribution >= 0.6 is 0 Å². The Kier molecular flexibility index (Phi) is 3.59. The fraction of sp³-hybridized carbons (Fsp3) is 0.667. The number of nitrogens with zero attached hydrogens (tertiary/aromatic N) is 1. The van der Waals surface area contributed by atoms with Gasteiger partial charge in [-0.25, -0.2) is 4.98 Å². The molecule has 0 saturated carbocycles. The van der Waals surface area contributed by atoms with Crippen molar-refractivity contribution in [2.24, 2.45) is 5.92 Å². The molecule has 0 saturated heterocycles. The minimum atomic E-state index is -0.140. The molecule has 5 nitrogen and oxygen atoms in total. The lowest BCUT2D eigenvalue weighted by Crippen LogP contribution is -2.22. The summed E-state index contributed by atoms with van der Waals surface area (Å²) < 4.78 is 5.65. The maximum atomic E-state index is 11.9. The van der Waals surface area contributed by atoms with Gasteiger partial charge in [-0.2, -0.15) is 0 Å². The van der Waals surface area contributed by atoms with Gasteiger partial charge >= 0.3 is 0 Å². The second-order valence-electron chi connectivity index (χ2n) is 4.60. The molecule has 1 aliphatic rings. The summed E-state index contributed by atoms with van der Waals surface area (Å²) in [4.78, 5) is 19.2. The van der Waals surface area contributed by atoms with Crippen molar-refractivity contribution in [1.29, 1.82) is 0 Å². The molecular formula is C12H19N3O2. The van der Waals surface area contributed by atoms with Crippen LogP contribution in [0, 0.1) is 5.92 Å². The van der Waals surface area contributed by atoms with E-state index in [4.69, 9.17) is 4.74 Å². The molecule has 5 heteroatoms. The van der Waals surface area contributed by atoms with Crippen LogP contribution in [-0.2, 0) is 17.8 Å². The topological polar surface area (TPSA) is 67.0 Å². The number of hydrogen-bond donors (Lipinski definition) is 2. The van der Waals surface area contributed by atoms with Gasteiger partial charge in [0.05, 0.1) is 11.3 Å². The van der Waals surface area contributed by atoms with Crippen molar-refractivity contribution in [3.63, 3.8) is 0 Å². The summed E-state index contributed by atoms with van der Waals surface area (Å²) >= 11 is 0. The van der Waals surface area contributed by atoms with Crippen molar-refractivity contribution in [3.05, 3.63) is 27.4 Å². The van der Waals surface area contributed by atoms with E-state index in [9.17, 15) is 4.79 Å². The van der Waals surface area contributed by atoms with E-state index in [-0.39, 0.29) is 17.6 Å². The molecule has 1 aliphatic heterocycles. The molecule has 0 radical (unpaired) electrons. The fourth-order valence-corrected chi connectivity index (χ4v) is 2.10. The SMILES string of the molecule is CCOC(c1nc2c(c(=O)[nH]1)CNC2)C(C)C. The number of aromatic nitrogens is 2. The first-order chi connectivity index (χ1) is 8.13. The lowest BCUT2D eigenvalue weighted by molar-refractivity contribution is 0.0229. The predicted molar refractivity (Wildman–Crippen MR) is 64.6 cm³/mol. The molecule has 2 heterocycles. The first-order valence-corrected chi connectivity index (χ1v) is 6.07. The van der Waals surface area contributed by atoms with Crippen LogP contribution in [0.1, 0.15) is 44.0 Å². The smallest absolute Gasteiger partial charge is 0.255 e. The van der Waals surface area contributed by atoms with E-state index in [1.165, 1.54) is 0 Å². The Hall–Kier alpha value is -1.20. The van der Waals surface area contributed by atoms with E-state index >= 15 is 0 Å². The minimum absolute atomic E-state index is 0.0413. The molecule has 1 unspecified atom stereocenters. The van der Waals surface area contributed by atoms with Gasteiger partial charge in [0.15, 0.2) is 0 Å². The second-order valence-corrected chi connectivity index (χ2v) is 4.60. The molecule has 1 aromatic heterocycles. The highest BCUT2D eigenvalue weighted by Gasteiger charge is 2.23. The highest BCUT2D eigenvalue weighted by atomic mass is 16.5. The number of aromatic amines is 1. The van der Waals surface area contributed by atoms with Crippen LogP contribution in [0.25, 0.3) is 0 Å². The molecule has 17 heavy (non-hydrogen) atoms. The van der Waals surface area contributed by atoms with E-state index in [0.29, 0.717) is 25.5 Å². The molecule has 0 amide bonds. The van der Waals surface area contributed by atoms with Gasteiger partial charge in [0, 0.05) is 19.7 Å². The van der Waals surface area contributed by atoms with Crippen LogP contribution in [0.3, 0.4) is 0 Å². The highest BCUT2D eigenvalue weighted by molar-refractivity contribution is 5.22. The van der Waals surface area contributed by atoms with Crippen molar-refractivity contribution in [3.8, 4) is 0 Å². The van der Waals surface area contributed by atoms with Gasteiger partial charge < -0.3 is 15.0 Å². The Morgan fingerprint density at radius 1 is 1.41 bits per heavy atom. The molecule has 2 N–H and O–H groups in total. The Balaban J connectivity index is 2.38. The average Bonchev–Trinajstić information content (AvgIpc) is 2.73. The van der Waals surface area contributed by atoms with Crippen LogP contribution < -0.4 is 10.9 Å². The lowest BCUT2D eigenvalue weighted by Gasteiger charge is -2.20. The summed E-state index contributed by atoms with van der Waals surface area (Å²) in [7, 11) is 0. The van der Waals surface area contributed by atoms with Crippen LogP contribution in [0.2, 0.25) is 0 Å². The molecule has 0 fully saturated rings. The summed E-state index contributed by atoms with van der Waals surface area (Å²) in [5, 5.41) is 3.13. The standard InChI is InChI=1S/C12H19N3O2/c1-4-17-10(7(2)3)11-14-9-6-13-5-8(9)12(16)15-11/h7,10,13H,4-6H2,1-3H3,(H,14,15,16). The first-order valence-electron chi connectivity index (χ1n) is 6.07. The van der Waals surface area contributed by atoms with Crippen molar-refractivity contribution in [2.45, 2.75) is 40.0 Å². The van der Waals surface area contributed by atoms with Gasteiger partial charge in [0.1, 0.15) is 11.9 Å². The third-order valence-electron chi connectivity index (χ3n) is 2.93. The van der Waals surface area contributed by atoms with Gasteiger partial charge in [-0.15, -0.1) is 0 Å². The number of ether oxygens (including phenoxy) is 1. The van der Waals surface area contributed by atoms with Gasteiger partial charge in [-0.3, -0.25) is 4.79 Å². The van der Waals surface area contributed by atoms with Crippen LogP contribution in [0.4, 0.5) is 0 Å². The first kappa shape index (κ1) is 12.3. The van der Waals surface area contributed by atoms with E-state index in [1.54, 1.807) is 0 Å². The molecule has 1 atom stereocenters. The van der Waals surface area contributed by atoms with E-state index in [2.05, 4.69) is 29.1 Å². The number of nitrogens with one attached hydrogen (secondary N) is 2. The molecule has 0 aliphatic carbocycles. The average molecular weight is 237 g/mol. The van der Waals surface area contributed by atoms with Crippen molar-refractivity contribution in [1.82, 2.24) is 15.3 Å². The molecule has 94 valence electrons. The Morgan fingerprint density at radius 3 is 2.82 bits per heavy atom. The summed E-state index contributed by atoms with van der Waals surface area (Å²) in [6.07, 6.45) is -0.140. The largest absolute Gasteiger partial charge is 0.370 e. The number of fused-ring (bicyclic) bond motifs is 1. The third kappa shape index (κ3) is 2.40. The molecule has 2 rings (SSSR count). The quantitative estimate of drug-likeness (QED) is 0.823. The molecule has 0 bridgehead atoms. The summed E-state index contributed by atoms with van der Waals surface area (Å²) in [6, 6.07) is 0. The van der Waals surface area contributed by atoms with E-state index in [1.807, 2.05) is 6.92 Å². The number of hydrogen-bond acceptors (Lipinski definition) is 4. The zero-order valence-corrected chi connectivity index (χ0v) is 10.5. The van der Waals surface area contributed by atoms with Crippen molar-refractivity contribution in [2.75, 3.05) is 6.61 Å². The molecule has 0 spiro atoms. The normalized spacial score (nSPS) is 16.2. The summed E-state index contributed by atoms with van der Waals surface area (Å²) in [5.41, 5.74) is 1.57. The highest BCUT2D eigenvalue weighted by Crippen LogP contribution is 2.23. The fourth-order valence-electron chi connectivity index (χ4n) is 2.10. The van der Waals surface area contributed by atoms with Gasteiger partial charge in [-0.1, -0.05) is 13.8 Å². The third-order valence-corrected chi connectivity index (χ3v) is 2.93. The minimum Gasteiger partial charge on any atom is -0.370 e. The van der Waals surface area contributed by atoms with E-state index in [0.717, 1.165) is 11.3 Å². The van der Waals surface area contributed by atoms with Crippen molar-refractivity contribution >= 4 is 0 Å². The van der Waals surface area contributed by atoms with Gasteiger partial charge in [0.25, 0.3) is 5.56 Å². The monoisotopic (exact) mass is 237 g/mol. The molecule has 1 aromatic rings. The molecule has 0 aromatic carbocycles. The predicted octanol–water partition coefficient (Wildman–Crippen LogP) is 1.11. The van der Waals surface area contributed by atoms with Crippen LogP contribution in [-0.4, -0.2) is 16.6 Å². The molecular weight excluding hydrogens is 218 g/mol. The van der Waals surface area contributed by atoms with Crippen LogP contribution in [0.15, 0.2) is 4.79 Å². The van der Waals surface area contributed by atoms with Crippen molar-refractivity contribution < 1.29 is 4.74 Å². The summed E-state index contributed by atoms with van der Waals surface area (Å²) in [5.74, 6) is 0.930. The number of rotatable bonds is 4. The Labute approximate surface area is 101 Å². The maximum Gasteiger partial charge on any atom is 0.255 e. The maximum absolute atomic E-state index is 11.9. The lowest BCUT2D eigenvalue weighted by atomic mass is 10.1. The van der Waals surface area contributed by atoms with Gasteiger partial charge in [-0.05, 0) is 12.8 Å². The Bertz CT molecular complexity index is 454. The zero-order chi connectivity index (χ0) is 12.4. The van der Waals surface area contributed by atoms with Crippen LogP contribution in [0.5, 0.6) is 0 Å². The Morgan fingerprint density at radius 2 is 2.18 bits per heavy atom. The number of H-pyrrole nitrogens is 1. The summed E-state index contributed by atoms with van der Waals surface area (Å²) in [6.45, 7) is 7.96. The van der Waals surface area contributed by atoms with Gasteiger partial charge in [0.2, 0.25) is 0 Å². The van der Waals surface area contributed by atoms with E-state index < -0.39 is 0 Å². The zero-order valence-electron chi connectivity index (χ0n) is 10.5.